The molecule has 188 valence electrons. The van der Waals surface area contributed by atoms with Crippen molar-refractivity contribution in [3.05, 3.63) is 77.4 Å². The lowest BCUT2D eigenvalue weighted by Crippen LogP contribution is -2.17. The average molecular weight is 497 g/mol. The fourth-order valence-corrected chi connectivity index (χ4v) is 3.67. The molecule has 0 aliphatic carbocycles. The molecule has 0 spiro atoms. The SMILES string of the molecule is COc1cc(C(=O)Nc2ccc(/C(C#N)=C/c3ccc(N(C)CCC#N)cc3)cc2)cc(OC)c1OC. The number of benzene rings is 3. The Morgan fingerprint density at radius 2 is 1.54 bits per heavy atom. The first-order chi connectivity index (χ1) is 17.9. The van der Waals surface area contributed by atoms with Crippen LogP contribution in [0.1, 0.15) is 27.9 Å². The van der Waals surface area contributed by atoms with Crippen LogP contribution in [0.3, 0.4) is 0 Å². The Balaban J connectivity index is 1.75. The third-order valence-electron chi connectivity index (χ3n) is 5.71. The Bertz CT molecular complexity index is 1330. The molecule has 0 bridgehead atoms. The average Bonchev–Trinajstić information content (AvgIpc) is 2.94. The number of hydrogen-bond donors (Lipinski definition) is 1. The topological polar surface area (TPSA) is 108 Å². The normalized spacial score (nSPS) is 10.6. The Labute approximate surface area is 216 Å². The third kappa shape index (κ3) is 6.59. The van der Waals surface area contributed by atoms with Gasteiger partial charge in [-0.3, -0.25) is 4.79 Å². The molecule has 0 aliphatic rings. The maximum absolute atomic E-state index is 12.9. The summed E-state index contributed by atoms with van der Waals surface area (Å²) in [5.41, 5.74) is 4.02. The zero-order valence-corrected chi connectivity index (χ0v) is 21.2. The van der Waals surface area contributed by atoms with Crippen molar-refractivity contribution in [3.63, 3.8) is 0 Å². The predicted octanol–water partition coefficient (Wildman–Crippen LogP) is 5.38. The van der Waals surface area contributed by atoms with E-state index < -0.39 is 0 Å². The van der Waals surface area contributed by atoms with Crippen molar-refractivity contribution in [1.82, 2.24) is 0 Å². The van der Waals surface area contributed by atoms with Crippen LogP contribution in [0.5, 0.6) is 17.2 Å². The molecule has 1 N–H and O–H groups in total. The standard InChI is InChI=1S/C29H28N4O4/c1-33(15-5-14-30)25-12-6-20(7-13-25)16-23(19-31)21-8-10-24(11-9-21)32-29(34)22-17-26(35-2)28(37-4)27(18-22)36-3/h6-13,16-18H,5,15H2,1-4H3,(H,32,34)/b23-16+. The second kappa shape index (κ2) is 12.7. The predicted molar refractivity (Wildman–Crippen MR) is 144 cm³/mol. The van der Waals surface area contributed by atoms with Crippen molar-refractivity contribution in [1.29, 1.82) is 10.5 Å². The number of carbonyl (C=O) groups excluding carboxylic acids is 1. The van der Waals surface area contributed by atoms with Gasteiger partial charge in [-0.2, -0.15) is 10.5 Å². The van der Waals surface area contributed by atoms with E-state index in [2.05, 4.69) is 17.5 Å². The molecule has 0 fully saturated rings. The summed E-state index contributed by atoms with van der Waals surface area (Å²) < 4.78 is 15.9. The molecule has 8 nitrogen and oxygen atoms in total. The number of amides is 1. The summed E-state index contributed by atoms with van der Waals surface area (Å²) >= 11 is 0. The zero-order chi connectivity index (χ0) is 26.8. The van der Waals surface area contributed by atoms with Crippen molar-refractivity contribution >= 4 is 28.9 Å². The Kier molecular flexibility index (Phi) is 9.12. The van der Waals surface area contributed by atoms with Crippen LogP contribution in [-0.2, 0) is 0 Å². The van der Waals surface area contributed by atoms with Crippen LogP contribution in [0.15, 0.2) is 60.7 Å². The molecule has 3 aromatic rings. The summed E-state index contributed by atoms with van der Waals surface area (Å²) in [6.45, 7) is 0.650. The molecule has 0 saturated heterocycles. The number of methoxy groups -OCH3 is 3. The van der Waals surface area contributed by atoms with Gasteiger partial charge in [0.2, 0.25) is 5.75 Å². The third-order valence-corrected chi connectivity index (χ3v) is 5.71. The smallest absolute Gasteiger partial charge is 0.255 e. The van der Waals surface area contributed by atoms with Gasteiger partial charge in [0.1, 0.15) is 0 Å². The number of rotatable bonds is 10. The first-order valence-electron chi connectivity index (χ1n) is 11.5. The van der Waals surface area contributed by atoms with Crippen LogP contribution in [0.4, 0.5) is 11.4 Å². The highest BCUT2D eigenvalue weighted by atomic mass is 16.5. The fourth-order valence-electron chi connectivity index (χ4n) is 3.67. The minimum atomic E-state index is -0.345. The van der Waals surface area contributed by atoms with E-state index in [0.29, 0.717) is 47.0 Å². The van der Waals surface area contributed by atoms with Crippen LogP contribution >= 0.6 is 0 Å². The first kappa shape index (κ1) is 26.7. The lowest BCUT2D eigenvalue weighted by atomic mass is 10.0. The molecule has 0 atom stereocenters. The van der Waals surface area contributed by atoms with E-state index >= 15 is 0 Å². The van der Waals surface area contributed by atoms with E-state index in [-0.39, 0.29) is 5.91 Å². The summed E-state index contributed by atoms with van der Waals surface area (Å²) in [7, 11) is 6.41. The minimum Gasteiger partial charge on any atom is -0.493 e. The van der Waals surface area contributed by atoms with E-state index in [1.54, 1.807) is 36.4 Å². The lowest BCUT2D eigenvalue weighted by molar-refractivity contribution is 0.102. The van der Waals surface area contributed by atoms with Crippen LogP contribution in [-0.4, -0.2) is 40.8 Å². The summed E-state index contributed by atoms with van der Waals surface area (Å²) in [5.74, 6) is 0.825. The van der Waals surface area contributed by atoms with Crippen molar-refractivity contribution in [3.8, 4) is 29.4 Å². The summed E-state index contributed by atoms with van der Waals surface area (Å²) in [4.78, 5) is 14.9. The molecule has 0 saturated carbocycles. The van der Waals surface area contributed by atoms with Gasteiger partial charge in [-0.15, -0.1) is 0 Å². The van der Waals surface area contributed by atoms with Gasteiger partial charge in [0.25, 0.3) is 5.91 Å². The summed E-state index contributed by atoms with van der Waals surface area (Å²) in [5, 5.41) is 21.3. The molecule has 3 aromatic carbocycles. The van der Waals surface area contributed by atoms with E-state index in [4.69, 9.17) is 19.5 Å². The number of hydrogen-bond acceptors (Lipinski definition) is 7. The number of nitrogens with one attached hydrogen (secondary N) is 1. The van der Waals surface area contributed by atoms with Crippen molar-refractivity contribution in [2.45, 2.75) is 6.42 Å². The lowest BCUT2D eigenvalue weighted by Gasteiger charge is -2.17. The second-order valence-electron chi connectivity index (χ2n) is 8.04. The zero-order valence-electron chi connectivity index (χ0n) is 21.2. The largest absolute Gasteiger partial charge is 0.493 e. The molecule has 0 unspecified atom stereocenters. The van der Waals surface area contributed by atoms with Crippen molar-refractivity contribution < 1.29 is 19.0 Å². The molecule has 8 heteroatoms. The van der Waals surface area contributed by atoms with Crippen LogP contribution < -0.4 is 24.4 Å². The maximum Gasteiger partial charge on any atom is 0.255 e. The number of allylic oxidation sites excluding steroid dienone is 1. The highest BCUT2D eigenvalue weighted by molar-refractivity contribution is 6.05. The monoisotopic (exact) mass is 496 g/mol. The van der Waals surface area contributed by atoms with Crippen LogP contribution in [0, 0.1) is 22.7 Å². The quantitative estimate of drug-likeness (QED) is 0.297. The number of anilines is 2. The van der Waals surface area contributed by atoms with Gasteiger partial charge in [0, 0.05) is 30.5 Å². The number of nitriles is 2. The van der Waals surface area contributed by atoms with Gasteiger partial charge in [0.05, 0.1) is 45.5 Å². The molecule has 0 aromatic heterocycles. The highest BCUT2D eigenvalue weighted by Gasteiger charge is 2.17. The Morgan fingerprint density at radius 3 is 2.05 bits per heavy atom. The Morgan fingerprint density at radius 1 is 0.919 bits per heavy atom. The van der Waals surface area contributed by atoms with Crippen LogP contribution in [0.2, 0.25) is 0 Å². The molecule has 37 heavy (non-hydrogen) atoms. The van der Waals surface area contributed by atoms with Gasteiger partial charge in [-0.1, -0.05) is 24.3 Å². The molecule has 0 aliphatic heterocycles. The molecular weight excluding hydrogens is 468 g/mol. The summed E-state index contributed by atoms with van der Waals surface area (Å²) in [6.07, 6.45) is 2.26. The van der Waals surface area contributed by atoms with Crippen molar-refractivity contribution in [2.24, 2.45) is 0 Å². The minimum absolute atomic E-state index is 0.345. The van der Waals surface area contributed by atoms with E-state index in [9.17, 15) is 10.1 Å². The molecule has 3 rings (SSSR count). The number of carbonyl (C=O) groups is 1. The molecule has 0 radical (unpaired) electrons. The van der Waals surface area contributed by atoms with E-state index in [1.807, 2.05) is 42.3 Å². The first-order valence-corrected chi connectivity index (χ1v) is 11.5. The molecule has 1 amide bonds. The Hall–Kier alpha value is -4.95. The molecule has 0 heterocycles. The van der Waals surface area contributed by atoms with Crippen molar-refractivity contribution in [2.75, 3.05) is 45.1 Å². The van der Waals surface area contributed by atoms with E-state index in [1.165, 1.54) is 21.3 Å². The van der Waals surface area contributed by atoms with Gasteiger partial charge >= 0.3 is 0 Å². The number of nitrogens with zero attached hydrogens (tertiary/aromatic N) is 3. The van der Waals surface area contributed by atoms with Gasteiger partial charge in [-0.25, -0.2) is 0 Å². The second-order valence-corrected chi connectivity index (χ2v) is 8.04. The van der Waals surface area contributed by atoms with Gasteiger partial charge in [0.15, 0.2) is 11.5 Å². The molecular formula is C29H28N4O4. The van der Waals surface area contributed by atoms with Gasteiger partial charge < -0.3 is 24.4 Å². The van der Waals surface area contributed by atoms with Gasteiger partial charge in [-0.05, 0) is 53.6 Å². The summed E-state index contributed by atoms with van der Waals surface area (Å²) in [6, 6.07) is 22.4. The van der Waals surface area contributed by atoms with E-state index in [0.717, 1.165) is 16.8 Å². The maximum atomic E-state index is 12.9. The number of ether oxygens (including phenoxy) is 3. The fraction of sp³-hybridized carbons (Fsp3) is 0.207. The van der Waals surface area contributed by atoms with Crippen LogP contribution in [0.25, 0.3) is 11.6 Å². The highest BCUT2D eigenvalue weighted by Crippen LogP contribution is 2.38.